The lowest BCUT2D eigenvalue weighted by Gasteiger charge is -2.35. The minimum atomic E-state index is -0.588. The Morgan fingerprint density at radius 1 is 1.17 bits per heavy atom. The summed E-state index contributed by atoms with van der Waals surface area (Å²) in [4.78, 5) is 18.9. The fraction of sp³-hybridized carbons (Fsp3) is 0.227. The number of rotatable bonds is 5. The van der Waals surface area contributed by atoms with Gasteiger partial charge in [-0.15, -0.1) is 0 Å². The Morgan fingerprint density at radius 3 is 2.69 bits per heavy atom. The number of benzene rings is 2. The number of hydrogen-bond acceptors (Lipinski definition) is 4. The summed E-state index contributed by atoms with van der Waals surface area (Å²) < 4.78 is 19.5. The summed E-state index contributed by atoms with van der Waals surface area (Å²) in [6, 6.07) is 14.8. The zero-order valence-corrected chi connectivity index (χ0v) is 16.2. The molecule has 0 aliphatic carbocycles. The van der Waals surface area contributed by atoms with Gasteiger partial charge in [-0.05, 0) is 31.0 Å². The summed E-state index contributed by atoms with van der Waals surface area (Å²) in [7, 11) is 0. The molecular weight excluding hydrogens is 371 g/mol. The van der Waals surface area contributed by atoms with Crippen molar-refractivity contribution in [2.75, 3.05) is 6.54 Å². The first-order chi connectivity index (χ1) is 14.1. The van der Waals surface area contributed by atoms with E-state index in [0.717, 1.165) is 12.0 Å². The first-order valence-electron chi connectivity index (χ1n) is 9.52. The Kier molecular flexibility index (Phi) is 5.12. The number of urea groups is 1. The summed E-state index contributed by atoms with van der Waals surface area (Å²) in [5.74, 6) is 0.384. The van der Waals surface area contributed by atoms with Crippen LogP contribution in [0.2, 0.25) is 0 Å². The van der Waals surface area contributed by atoms with Crippen molar-refractivity contribution in [3.63, 3.8) is 0 Å². The molecule has 1 unspecified atom stereocenters. The first-order valence-corrected chi connectivity index (χ1v) is 9.52. The number of carbonyl (C=O) groups is 1. The molecule has 2 amide bonds. The third-order valence-electron chi connectivity index (χ3n) is 4.91. The number of carbonyl (C=O) groups excluding carboxylic acids is 1. The third kappa shape index (κ3) is 3.63. The Balaban J connectivity index is 1.83. The molecule has 1 aromatic heterocycles. The molecule has 0 saturated carbocycles. The topological polar surface area (TPSA) is 71.3 Å². The molecule has 6 nitrogen and oxygen atoms in total. The lowest BCUT2D eigenvalue weighted by Crippen LogP contribution is -2.46. The highest BCUT2D eigenvalue weighted by Gasteiger charge is 2.35. The van der Waals surface area contributed by atoms with E-state index in [1.165, 1.54) is 12.1 Å². The molecule has 1 atom stereocenters. The Bertz CT molecular complexity index is 1060. The van der Waals surface area contributed by atoms with Crippen molar-refractivity contribution < 1.29 is 13.7 Å². The largest absolute Gasteiger partial charge is 0.334 e. The number of nitrogens with zero attached hydrogens (tertiary/aromatic N) is 3. The Labute approximate surface area is 168 Å². The van der Waals surface area contributed by atoms with Gasteiger partial charge in [-0.1, -0.05) is 54.5 Å². The second-order valence-corrected chi connectivity index (χ2v) is 6.88. The summed E-state index contributed by atoms with van der Waals surface area (Å²) >= 11 is 0. The van der Waals surface area contributed by atoms with E-state index in [-0.39, 0.29) is 11.8 Å². The van der Waals surface area contributed by atoms with E-state index in [9.17, 15) is 9.18 Å². The van der Waals surface area contributed by atoms with Crippen molar-refractivity contribution in [2.45, 2.75) is 26.3 Å². The standard InChI is InChI=1S/C22H21FN4O2/c1-3-12-27-14(2)18(19(24-22(27)28)16-10-7-11-17(23)13-16)21-25-20(26-29-21)15-8-5-4-6-9-15/h4-11,13,19H,3,12H2,1-2H3,(H,24,28). The SMILES string of the molecule is CCCN1C(=O)NC(c2cccc(F)c2)C(c2nc(-c3ccccc3)no2)=C1C. The zero-order chi connectivity index (χ0) is 20.4. The molecule has 0 fully saturated rings. The van der Waals surface area contributed by atoms with Gasteiger partial charge in [0.05, 0.1) is 11.6 Å². The van der Waals surface area contributed by atoms with E-state index < -0.39 is 6.04 Å². The fourth-order valence-electron chi connectivity index (χ4n) is 3.52. The summed E-state index contributed by atoms with van der Waals surface area (Å²) in [5.41, 5.74) is 2.82. The molecule has 0 radical (unpaired) electrons. The maximum Gasteiger partial charge on any atom is 0.322 e. The van der Waals surface area contributed by atoms with Crippen molar-refractivity contribution >= 4 is 11.6 Å². The molecule has 4 rings (SSSR count). The van der Waals surface area contributed by atoms with Gasteiger partial charge in [0.15, 0.2) is 0 Å². The van der Waals surface area contributed by atoms with E-state index >= 15 is 0 Å². The normalized spacial score (nSPS) is 16.9. The maximum atomic E-state index is 13.9. The van der Waals surface area contributed by atoms with Gasteiger partial charge in [-0.2, -0.15) is 4.98 Å². The van der Waals surface area contributed by atoms with Crippen LogP contribution in [0.15, 0.2) is 64.8 Å². The third-order valence-corrected chi connectivity index (χ3v) is 4.91. The lowest BCUT2D eigenvalue weighted by atomic mass is 9.94. The highest BCUT2D eigenvalue weighted by atomic mass is 19.1. The van der Waals surface area contributed by atoms with Gasteiger partial charge >= 0.3 is 6.03 Å². The van der Waals surface area contributed by atoms with Crippen LogP contribution >= 0.6 is 0 Å². The maximum absolute atomic E-state index is 13.9. The highest BCUT2D eigenvalue weighted by Crippen LogP contribution is 2.37. The molecule has 2 heterocycles. The number of halogens is 1. The molecule has 1 aliphatic rings. The van der Waals surface area contributed by atoms with Crippen LogP contribution in [0.5, 0.6) is 0 Å². The van der Waals surface area contributed by atoms with E-state index in [4.69, 9.17) is 4.52 Å². The van der Waals surface area contributed by atoms with Crippen LogP contribution in [-0.2, 0) is 0 Å². The van der Waals surface area contributed by atoms with E-state index in [0.29, 0.717) is 35.1 Å². The predicted octanol–water partition coefficient (Wildman–Crippen LogP) is 4.78. The molecule has 7 heteroatoms. The molecule has 2 aromatic carbocycles. The van der Waals surface area contributed by atoms with Crippen molar-refractivity contribution in [1.29, 1.82) is 0 Å². The average Bonchev–Trinajstić information content (AvgIpc) is 3.21. The van der Waals surface area contributed by atoms with Crippen LogP contribution in [0.1, 0.15) is 37.8 Å². The fourth-order valence-corrected chi connectivity index (χ4v) is 3.52. The average molecular weight is 392 g/mol. The molecule has 0 saturated heterocycles. The van der Waals surface area contributed by atoms with Crippen LogP contribution in [0.4, 0.5) is 9.18 Å². The second-order valence-electron chi connectivity index (χ2n) is 6.88. The van der Waals surface area contributed by atoms with Gasteiger partial charge in [-0.3, -0.25) is 4.90 Å². The van der Waals surface area contributed by atoms with Gasteiger partial charge in [-0.25, -0.2) is 9.18 Å². The Hall–Kier alpha value is -3.48. The molecule has 1 N–H and O–H groups in total. The smallest absolute Gasteiger partial charge is 0.322 e. The number of nitrogens with one attached hydrogen (secondary N) is 1. The second kappa shape index (κ2) is 7.87. The predicted molar refractivity (Wildman–Crippen MR) is 107 cm³/mol. The summed E-state index contributed by atoms with van der Waals surface area (Å²) in [6.07, 6.45) is 0.793. The molecule has 3 aromatic rings. The number of aromatic nitrogens is 2. The van der Waals surface area contributed by atoms with Crippen molar-refractivity contribution in [3.8, 4) is 11.4 Å². The Morgan fingerprint density at radius 2 is 1.97 bits per heavy atom. The lowest BCUT2D eigenvalue weighted by molar-refractivity contribution is 0.205. The van der Waals surface area contributed by atoms with E-state index in [1.807, 2.05) is 44.2 Å². The molecule has 0 spiro atoms. The van der Waals surface area contributed by atoms with Gasteiger partial charge in [0.2, 0.25) is 5.82 Å². The zero-order valence-electron chi connectivity index (χ0n) is 16.2. The summed E-state index contributed by atoms with van der Waals surface area (Å²) in [6.45, 7) is 4.40. The first kappa shape index (κ1) is 18.9. The minimum Gasteiger partial charge on any atom is -0.334 e. The monoisotopic (exact) mass is 392 g/mol. The molecule has 1 aliphatic heterocycles. The summed E-state index contributed by atoms with van der Waals surface area (Å²) in [5, 5.41) is 7.06. The molecule has 0 bridgehead atoms. The van der Waals surface area contributed by atoms with Crippen LogP contribution in [0.25, 0.3) is 17.0 Å². The van der Waals surface area contributed by atoms with Gasteiger partial charge in [0, 0.05) is 17.8 Å². The minimum absolute atomic E-state index is 0.231. The van der Waals surface area contributed by atoms with Crippen LogP contribution in [0.3, 0.4) is 0 Å². The number of hydrogen-bond donors (Lipinski definition) is 1. The van der Waals surface area contributed by atoms with Gasteiger partial charge in [0.25, 0.3) is 5.89 Å². The molecule has 29 heavy (non-hydrogen) atoms. The van der Waals surface area contributed by atoms with Crippen LogP contribution in [-0.4, -0.2) is 27.6 Å². The molecule has 148 valence electrons. The number of amides is 2. The van der Waals surface area contributed by atoms with Crippen LogP contribution < -0.4 is 5.32 Å². The van der Waals surface area contributed by atoms with E-state index in [1.54, 1.807) is 17.0 Å². The number of allylic oxidation sites excluding steroid dienone is 1. The van der Waals surface area contributed by atoms with Crippen LogP contribution in [0, 0.1) is 5.82 Å². The van der Waals surface area contributed by atoms with Crippen molar-refractivity contribution in [3.05, 3.63) is 77.6 Å². The quantitative estimate of drug-likeness (QED) is 0.678. The van der Waals surface area contributed by atoms with E-state index in [2.05, 4.69) is 15.5 Å². The van der Waals surface area contributed by atoms with Gasteiger partial charge < -0.3 is 9.84 Å². The molecular formula is C22H21FN4O2. The van der Waals surface area contributed by atoms with Crippen molar-refractivity contribution in [1.82, 2.24) is 20.4 Å². The highest BCUT2D eigenvalue weighted by molar-refractivity contribution is 5.86. The van der Waals surface area contributed by atoms with Gasteiger partial charge in [0.1, 0.15) is 5.82 Å². The van der Waals surface area contributed by atoms with Crippen molar-refractivity contribution in [2.24, 2.45) is 0 Å².